The van der Waals surface area contributed by atoms with Crippen LogP contribution in [0.4, 0.5) is 4.39 Å². The van der Waals surface area contributed by atoms with Crippen molar-refractivity contribution in [1.82, 2.24) is 19.9 Å². The van der Waals surface area contributed by atoms with E-state index < -0.39 is 0 Å². The van der Waals surface area contributed by atoms with Crippen molar-refractivity contribution in [1.29, 1.82) is 0 Å². The molecule has 2 aromatic heterocycles. The van der Waals surface area contributed by atoms with Crippen molar-refractivity contribution in [2.45, 2.75) is 25.3 Å². The lowest BCUT2D eigenvalue weighted by atomic mass is 9.88. The fourth-order valence-electron chi connectivity index (χ4n) is 4.57. The fourth-order valence-corrected chi connectivity index (χ4v) is 4.57. The van der Waals surface area contributed by atoms with E-state index in [4.69, 9.17) is 14.7 Å². The van der Waals surface area contributed by atoms with Crippen LogP contribution >= 0.6 is 0 Å². The summed E-state index contributed by atoms with van der Waals surface area (Å²) in [6, 6.07) is 18.8. The zero-order valence-corrected chi connectivity index (χ0v) is 19.2. The highest BCUT2D eigenvalue weighted by Gasteiger charge is 2.25. The van der Waals surface area contributed by atoms with E-state index in [9.17, 15) is 4.39 Å². The number of rotatable bonds is 6. The lowest BCUT2D eigenvalue weighted by Crippen LogP contribution is -2.33. The van der Waals surface area contributed by atoms with Crippen LogP contribution in [0.15, 0.2) is 79.3 Å². The van der Waals surface area contributed by atoms with Crippen LogP contribution in [-0.2, 0) is 6.54 Å². The molecule has 3 heterocycles. The van der Waals surface area contributed by atoms with E-state index in [1.54, 1.807) is 19.5 Å². The lowest BCUT2D eigenvalue weighted by molar-refractivity contribution is 0.203. The molecule has 0 atom stereocenters. The Balaban J connectivity index is 1.42. The smallest absolute Gasteiger partial charge is 0.159 e. The second-order valence-electron chi connectivity index (χ2n) is 8.64. The van der Waals surface area contributed by atoms with Gasteiger partial charge in [-0.25, -0.2) is 14.4 Å². The molecule has 34 heavy (non-hydrogen) atoms. The minimum Gasteiger partial charge on any atom is -0.497 e. The van der Waals surface area contributed by atoms with E-state index in [-0.39, 0.29) is 5.82 Å². The zero-order chi connectivity index (χ0) is 23.3. The number of benzene rings is 2. The van der Waals surface area contributed by atoms with Crippen molar-refractivity contribution in [2.24, 2.45) is 0 Å². The molecule has 4 aromatic rings. The van der Waals surface area contributed by atoms with Crippen molar-refractivity contribution < 1.29 is 9.13 Å². The highest BCUT2D eigenvalue weighted by atomic mass is 19.1. The first kappa shape index (κ1) is 22.2. The summed E-state index contributed by atoms with van der Waals surface area (Å²) in [5, 5.41) is 0. The van der Waals surface area contributed by atoms with Gasteiger partial charge in [-0.3, -0.25) is 9.88 Å². The minimum atomic E-state index is -0.193. The maximum atomic E-state index is 13.2. The van der Waals surface area contributed by atoms with Crippen LogP contribution in [0, 0.1) is 5.82 Å². The Hall–Kier alpha value is -3.64. The Kier molecular flexibility index (Phi) is 6.58. The van der Waals surface area contributed by atoms with Crippen LogP contribution < -0.4 is 4.74 Å². The lowest BCUT2D eigenvalue weighted by Gasteiger charge is -2.32. The summed E-state index contributed by atoms with van der Waals surface area (Å²) in [4.78, 5) is 16.3. The molecule has 0 bridgehead atoms. The van der Waals surface area contributed by atoms with Crippen molar-refractivity contribution in [2.75, 3.05) is 20.2 Å². The van der Waals surface area contributed by atoms with Gasteiger partial charge in [0.15, 0.2) is 5.82 Å². The van der Waals surface area contributed by atoms with Crippen molar-refractivity contribution in [3.8, 4) is 28.3 Å². The van der Waals surface area contributed by atoms with E-state index in [2.05, 4.69) is 16.0 Å². The largest absolute Gasteiger partial charge is 0.497 e. The standard InChI is InChI=1S/C28H27FN4O/c1-34-25-4-2-3-23(17-25)26-18-31-28(22-9-13-30-14-10-22)32-27(26)21-11-15-33(16-12-21)19-20-5-7-24(29)8-6-20/h2-10,13-14,17-18,21H,11-12,15-16,19H2,1H3. The molecule has 0 aliphatic carbocycles. The Morgan fingerprint density at radius 1 is 0.971 bits per heavy atom. The normalized spacial score (nSPS) is 14.8. The quantitative estimate of drug-likeness (QED) is 0.372. The first-order valence-electron chi connectivity index (χ1n) is 11.6. The summed E-state index contributed by atoms with van der Waals surface area (Å²) in [5.74, 6) is 1.67. The zero-order valence-electron chi connectivity index (χ0n) is 19.2. The summed E-state index contributed by atoms with van der Waals surface area (Å²) < 4.78 is 18.7. The predicted molar refractivity (Wildman–Crippen MR) is 131 cm³/mol. The van der Waals surface area contributed by atoms with Gasteiger partial charge in [0.05, 0.1) is 12.8 Å². The van der Waals surface area contributed by atoms with Gasteiger partial charge in [-0.2, -0.15) is 0 Å². The average molecular weight is 455 g/mol. The molecule has 1 saturated heterocycles. The Morgan fingerprint density at radius 3 is 2.47 bits per heavy atom. The summed E-state index contributed by atoms with van der Waals surface area (Å²) in [5.41, 5.74) is 5.29. The van der Waals surface area contributed by atoms with Crippen molar-refractivity contribution >= 4 is 0 Å². The molecule has 1 fully saturated rings. The van der Waals surface area contributed by atoms with Gasteiger partial charge in [0.2, 0.25) is 0 Å². The van der Waals surface area contributed by atoms with Crippen LogP contribution in [-0.4, -0.2) is 40.1 Å². The van der Waals surface area contributed by atoms with Crippen molar-refractivity contribution in [3.63, 3.8) is 0 Å². The number of hydrogen-bond acceptors (Lipinski definition) is 5. The molecular formula is C28H27FN4O. The van der Waals surface area contributed by atoms with E-state index in [1.807, 2.05) is 48.7 Å². The van der Waals surface area contributed by atoms with E-state index in [0.717, 1.165) is 72.0 Å². The van der Waals surface area contributed by atoms with Crippen LogP contribution in [0.5, 0.6) is 5.75 Å². The van der Waals surface area contributed by atoms with Crippen LogP contribution in [0.1, 0.15) is 30.0 Å². The highest BCUT2D eigenvalue weighted by molar-refractivity contribution is 5.69. The number of likely N-dealkylation sites (tertiary alicyclic amines) is 1. The highest BCUT2D eigenvalue weighted by Crippen LogP contribution is 2.36. The second-order valence-corrected chi connectivity index (χ2v) is 8.64. The Morgan fingerprint density at radius 2 is 1.74 bits per heavy atom. The molecule has 0 spiro atoms. The number of nitrogens with zero attached hydrogens (tertiary/aromatic N) is 4. The van der Waals surface area contributed by atoms with Crippen LogP contribution in [0.25, 0.3) is 22.5 Å². The predicted octanol–water partition coefficient (Wildman–Crippen LogP) is 5.73. The van der Waals surface area contributed by atoms with Crippen LogP contribution in [0.3, 0.4) is 0 Å². The molecule has 5 nitrogen and oxygen atoms in total. The second kappa shape index (κ2) is 10.1. The van der Waals surface area contributed by atoms with Gasteiger partial charge in [-0.1, -0.05) is 24.3 Å². The molecule has 0 unspecified atom stereocenters. The molecule has 0 saturated carbocycles. The van der Waals surface area contributed by atoms with E-state index in [1.165, 1.54) is 12.1 Å². The molecule has 6 heteroatoms. The number of aromatic nitrogens is 3. The molecule has 2 aromatic carbocycles. The third kappa shape index (κ3) is 4.97. The van der Waals surface area contributed by atoms with Crippen LogP contribution in [0.2, 0.25) is 0 Å². The third-order valence-corrected chi connectivity index (χ3v) is 6.43. The molecule has 0 radical (unpaired) electrons. The molecule has 1 aliphatic rings. The van der Waals surface area contributed by atoms with Gasteiger partial charge >= 0.3 is 0 Å². The average Bonchev–Trinajstić information content (AvgIpc) is 2.91. The van der Waals surface area contributed by atoms with Crippen molar-refractivity contribution in [3.05, 3.63) is 96.3 Å². The Bertz CT molecular complexity index is 1240. The van der Waals surface area contributed by atoms with Gasteiger partial charge in [0.1, 0.15) is 11.6 Å². The van der Waals surface area contributed by atoms with Gasteiger partial charge in [0.25, 0.3) is 0 Å². The number of pyridine rings is 1. The molecule has 0 N–H and O–H groups in total. The fraction of sp³-hybridized carbons (Fsp3) is 0.250. The van der Waals surface area contributed by atoms with Gasteiger partial charge in [-0.15, -0.1) is 0 Å². The number of piperidine rings is 1. The first-order valence-corrected chi connectivity index (χ1v) is 11.6. The summed E-state index contributed by atoms with van der Waals surface area (Å²) in [6.07, 6.45) is 7.48. The Labute approximate surface area is 199 Å². The minimum absolute atomic E-state index is 0.193. The first-order chi connectivity index (χ1) is 16.7. The molecule has 5 rings (SSSR count). The molecule has 1 aliphatic heterocycles. The maximum Gasteiger partial charge on any atom is 0.159 e. The van der Waals surface area contributed by atoms with Gasteiger partial charge < -0.3 is 4.74 Å². The number of methoxy groups -OCH3 is 1. The topological polar surface area (TPSA) is 51.1 Å². The van der Waals surface area contributed by atoms with Gasteiger partial charge in [-0.05, 0) is 73.5 Å². The molecule has 0 amide bonds. The summed E-state index contributed by atoms with van der Waals surface area (Å²) in [7, 11) is 1.68. The monoisotopic (exact) mass is 454 g/mol. The van der Waals surface area contributed by atoms with Gasteiger partial charge in [0, 0.05) is 42.2 Å². The number of halogens is 1. The number of ether oxygens (including phenoxy) is 1. The SMILES string of the molecule is COc1cccc(-c2cnc(-c3ccncc3)nc2C2CCN(Cc3ccc(F)cc3)CC2)c1. The van der Waals surface area contributed by atoms with E-state index >= 15 is 0 Å². The third-order valence-electron chi connectivity index (χ3n) is 6.43. The summed E-state index contributed by atoms with van der Waals surface area (Å²) in [6.45, 7) is 2.77. The molecule has 172 valence electrons. The maximum absolute atomic E-state index is 13.2. The van der Waals surface area contributed by atoms with E-state index in [0.29, 0.717) is 5.92 Å². The summed E-state index contributed by atoms with van der Waals surface area (Å²) >= 11 is 0. The number of hydrogen-bond donors (Lipinski definition) is 0. The molecular weight excluding hydrogens is 427 g/mol.